The average Bonchev–Trinajstić information content (AvgIpc) is 3.28. The summed E-state index contributed by atoms with van der Waals surface area (Å²) in [6.07, 6.45) is 1.81. The van der Waals surface area contributed by atoms with Crippen molar-refractivity contribution in [3.8, 4) is 16.9 Å². The fourth-order valence-electron chi connectivity index (χ4n) is 5.11. The Morgan fingerprint density at radius 2 is 1.73 bits per heavy atom. The molecule has 0 radical (unpaired) electrons. The first-order valence-electron chi connectivity index (χ1n) is 13.0. The van der Waals surface area contributed by atoms with Crippen LogP contribution in [0.2, 0.25) is 5.02 Å². The number of benzene rings is 3. The Morgan fingerprint density at radius 1 is 0.950 bits per heavy atom. The number of rotatable bonds is 5. The van der Waals surface area contributed by atoms with Crippen LogP contribution >= 0.6 is 11.6 Å². The number of carbonyl (C=O) groups excluding carboxylic acids is 1. The van der Waals surface area contributed by atoms with Crippen molar-refractivity contribution in [2.75, 3.05) is 0 Å². The molecule has 3 aromatic carbocycles. The minimum absolute atomic E-state index is 0.248. The molecule has 0 spiro atoms. The molecule has 1 atom stereocenters. The molecule has 0 saturated carbocycles. The van der Waals surface area contributed by atoms with Crippen LogP contribution in [0, 0.1) is 13.8 Å². The van der Waals surface area contributed by atoms with Crippen molar-refractivity contribution >= 4 is 33.9 Å². The van der Waals surface area contributed by atoms with Gasteiger partial charge in [-0.25, -0.2) is 9.50 Å². The summed E-state index contributed by atoms with van der Waals surface area (Å²) in [6, 6.07) is 26.0. The van der Waals surface area contributed by atoms with Crippen molar-refractivity contribution in [1.82, 2.24) is 24.5 Å². The molecule has 1 amide bonds. The lowest BCUT2D eigenvalue weighted by atomic mass is 10.1. The topological polar surface area (TPSA) is 81.3 Å². The van der Waals surface area contributed by atoms with E-state index in [0.717, 1.165) is 16.8 Å². The summed E-state index contributed by atoms with van der Waals surface area (Å²) in [5.41, 5.74) is 5.31. The second kappa shape index (κ2) is 10.1. The van der Waals surface area contributed by atoms with Gasteiger partial charge in [-0.2, -0.15) is 5.10 Å². The molecule has 0 bridgehead atoms. The van der Waals surface area contributed by atoms with Crippen LogP contribution in [-0.4, -0.2) is 25.1 Å². The number of aromatic nitrogens is 4. The van der Waals surface area contributed by atoms with E-state index < -0.39 is 6.04 Å². The SMILES string of the molecule is Cc1cccc(-c2ccn3nc(C)c(C(=O)N[C@@H](C)c4cc5cccc(Cl)c5c(=O)n4-c4ccccc4)c3n2)c1. The molecule has 3 aromatic heterocycles. The number of halogens is 1. The summed E-state index contributed by atoms with van der Waals surface area (Å²) < 4.78 is 3.22. The highest BCUT2D eigenvalue weighted by Gasteiger charge is 2.24. The number of fused-ring (bicyclic) bond motifs is 2. The second-order valence-electron chi connectivity index (χ2n) is 9.86. The molecular weight excluding hydrogens is 522 g/mol. The lowest BCUT2D eigenvalue weighted by Crippen LogP contribution is -2.32. The zero-order valence-corrected chi connectivity index (χ0v) is 23.0. The molecule has 0 aliphatic carbocycles. The molecule has 3 heterocycles. The molecule has 198 valence electrons. The maximum atomic E-state index is 13.8. The van der Waals surface area contributed by atoms with Gasteiger partial charge in [0.05, 0.1) is 27.8 Å². The third kappa shape index (κ3) is 4.44. The summed E-state index contributed by atoms with van der Waals surface area (Å²) in [4.78, 5) is 32.3. The van der Waals surface area contributed by atoms with Gasteiger partial charge in [-0.05, 0) is 62.6 Å². The predicted molar refractivity (Wildman–Crippen MR) is 158 cm³/mol. The molecule has 0 fully saturated rings. The number of carbonyl (C=O) groups is 1. The lowest BCUT2D eigenvalue weighted by molar-refractivity contribution is 0.0939. The van der Waals surface area contributed by atoms with Crippen LogP contribution in [0.15, 0.2) is 95.9 Å². The third-order valence-corrected chi connectivity index (χ3v) is 7.35. The van der Waals surface area contributed by atoms with Crippen molar-refractivity contribution in [3.05, 3.63) is 129 Å². The predicted octanol–water partition coefficient (Wildman–Crippen LogP) is 6.46. The monoisotopic (exact) mass is 547 g/mol. The summed E-state index contributed by atoms with van der Waals surface area (Å²) in [7, 11) is 0. The molecule has 7 nitrogen and oxygen atoms in total. The number of amides is 1. The van der Waals surface area contributed by atoms with E-state index in [4.69, 9.17) is 16.6 Å². The normalized spacial score (nSPS) is 12.1. The molecule has 40 heavy (non-hydrogen) atoms. The molecule has 0 aliphatic heterocycles. The summed E-state index contributed by atoms with van der Waals surface area (Å²) in [5.74, 6) is -0.327. The van der Waals surface area contributed by atoms with Crippen molar-refractivity contribution in [3.63, 3.8) is 0 Å². The molecule has 1 N–H and O–H groups in total. The smallest absolute Gasteiger partial charge is 0.264 e. The second-order valence-corrected chi connectivity index (χ2v) is 10.3. The molecule has 0 aliphatic rings. The van der Waals surface area contributed by atoms with Crippen LogP contribution in [0.25, 0.3) is 33.4 Å². The average molecular weight is 548 g/mol. The van der Waals surface area contributed by atoms with E-state index in [9.17, 15) is 9.59 Å². The Labute approximate surface area is 235 Å². The fourth-order valence-corrected chi connectivity index (χ4v) is 5.38. The highest BCUT2D eigenvalue weighted by atomic mass is 35.5. The first-order chi connectivity index (χ1) is 19.3. The van der Waals surface area contributed by atoms with Crippen LogP contribution in [0.1, 0.15) is 40.3 Å². The summed E-state index contributed by atoms with van der Waals surface area (Å²) in [5, 5.41) is 9.13. The van der Waals surface area contributed by atoms with E-state index in [1.54, 1.807) is 22.1 Å². The number of hydrogen-bond acceptors (Lipinski definition) is 4. The molecule has 6 rings (SSSR count). The Bertz CT molecular complexity index is 1980. The van der Waals surface area contributed by atoms with Crippen molar-refractivity contribution < 1.29 is 4.79 Å². The molecule has 0 saturated heterocycles. The number of para-hydroxylation sites is 1. The van der Waals surface area contributed by atoms with Gasteiger partial charge in [0.25, 0.3) is 11.5 Å². The third-order valence-electron chi connectivity index (χ3n) is 7.03. The van der Waals surface area contributed by atoms with E-state index in [2.05, 4.69) is 16.5 Å². The Morgan fingerprint density at radius 3 is 2.50 bits per heavy atom. The van der Waals surface area contributed by atoms with E-state index in [0.29, 0.717) is 44.1 Å². The Hall–Kier alpha value is -4.75. The molecule has 0 unspecified atom stereocenters. The van der Waals surface area contributed by atoms with Crippen LogP contribution in [0.5, 0.6) is 0 Å². The number of pyridine rings is 1. The highest BCUT2D eigenvalue weighted by molar-refractivity contribution is 6.35. The van der Waals surface area contributed by atoms with Crippen LogP contribution in [-0.2, 0) is 0 Å². The summed E-state index contributed by atoms with van der Waals surface area (Å²) in [6.45, 7) is 5.68. The van der Waals surface area contributed by atoms with Gasteiger partial charge in [-0.3, -0.25) is 14.2 Å². The minimum Gasteiger partial charge on any atom is -0.344 e. The van der Waals surface area contributed by atoms with Crippen molar-refractivity contribution in [2.24, 2.45) is 0 Å². The van der Waals surface area contributed by atoms with Gasteiger partial charge >= 0.3 is 0 Å². The zero-order valence-electron chi connectivity index (χ0n) is 22.2. The Kier molecular flexibility index (Phi) is 6.44. The van der Waals surface area contributed by atoms with Gasteiger partial charge in [0.2, 0.25) is 0 Å². The highest BCUT2D eigenvalue weighted by Crippen LogP contribution is 2.27. The number of hydrogen-bond donors (Lipinski definition) is 1. The van der Waals surface area contributed by atoms with Crippen molar-refractivity contribution in [2.45, 2.75) is 26.8 Å². The zero-order chi connectivity index (χ0) is 28.0. The maximum absolute atomic E-state index is 13.8. The van der Waals surface area contributed by atoms with Crippen LogP contribution in [0.4, 0.5) is 0 Å². The van der Waals surface area contributed by atoms with Gasteiger partial charge in [0.15, 0.2) is 5.65 Å². The van der Waals surface area contributed by atoms with Gasteiger partial charge in [-0.1, -0.05) is 65.7 Å². The number of aryl methyl sites for hydroxylation is 2. The quantitative estimate of drug-likeness (QED) is 0.268. The van der Waals surface area contributed by atoms with Crippen LogP contribution < -0.4 is 10.9 Å². The Balaban J connectivity index is 1.43. The minimum atomic E-state index is -0.530. The van der Waals surface area contributed by atoms with Crippen LogP contribution in [0.3, 0.4) is 0 Å². The van der Waals surface area contributed by atoms with Gasteiger partial charge in [0.1, 0.15) is 5.56 Å². The largest absolute Gasteiger partial charge is 0.344 e. The van der Waals surface area contributed by atoms with E-state index in [-0.39, 0.29) is 11.5 Å². The number of nitrogens with one attached hydrogen (secondary N) is 1. The lowest BCUT2D eigenvalue weighted by Gasteiger charge is -2.21. The van der Waals surface area contributed by atoms with E-state index >= 15 is 0 Å². The van der Waals surface area contributed by atoms with E-state index in [1.807, 2.05) is 92.8 Å². The number of nitrogens with zero attached hydrogens (tertiary/aromatic N) is 4. The standard InChI is InChI=1S/C32H26ClN5O2/c1-19-9-7-10-22(17-19)26-15-16-37-30(35-26)28(21(3)36-37)31(39)34-20(2)27-18-23-11-8-14-25(33)29(23)32(40)38(27)24-12-5-4-6-13-24/h4-18,20H,1-3H3,(H,34,39)/t20-/m0/s1. The molecular formula is C32H26ClN5O2. The maximum Gasteiger partial charge on any atom is 0.264 e. The fraction of sp³-hybridized carbons (Fsp3) is 0.125. The molecule has 6 aromatic rings. The van der Waals surface area contributed by atoms with Crippen molar-refractivity contribution in [1.29, 1.82) is 0 Å². The molecule has 8 heteroatoms. The first kappa shape index (κ1) is 25.5. The first-order valence-corrected chi connectivity index (χ1v) is 13.3. The van der Waals surface area contributed by atoms with E-state index in [1.165, 1.54) is 0 Å². The van der Waals surface area contributed by atoms with Gasteiger partial charge < -0.3 is 5.32 Å². The van der Waals surface area contributed by atoms with Gasteiger partial charge in [0, 0.05) is 23.1 Å². The van der Waals surface area contributed by atoms with Gasteiger partial charge in [-0.15, -0.1) is 0 Å². The summed E-state index contributed by atoms with van der Waals surface area (Å²) >= 11 is 6.44.